The molecular formula is C36H49ClN6O. The number of carbonyl (C=O) groups is 1. The first-order chi connectivity index (χ1) is 21.5. The number of nitrogens with zero attached hydrogens (tertiary/aromatic N) is 5. The molecule has 3 aromatic rings. The van der Waals surface area contributed by atoms with Crippen LogP contribution in [0.5, 0.6) is 0 Å². The number of para-hydroxylation sites is 1. The van der Waals surface area contributed by atoms with Crippen LogP contribution in [0.3, 0.4) is 0 Å². The number of amides is 1. The first-order valence-electron chi connectivity index (χ1n) is 16.9. The first-order valence-corrected chi connectivity index (χ1v) is 17.3. The molecule has 1 amide bonds. The van der Waals surface area contributed by atoms with E-state index in [9.17, 15) is 4.79 Å². The Morgan fingerprint density at radius 3 is 2.34 bits per heavy atom. The van der Waals surface area contributed by atoms with Gasteiger partial charge >= 0.3 is 0 Å². The highest BCUT2D eigenvalue weighted by molar-refractivity contribution is 6.30. The number of piperidine rings is 1. The number of benzene rings is 2. The van der Waals surface area contributed by atoms with Crippen LogP contribution in [0.2, 0.25) is 5.02 Å². The normalized spacial score (nSPS) is 23.3. The van der Waals surface area contributed by atoms with Gasteiger partial charge < -0.3 is 15.1 Å². The second-order valence-electron chi connectivity index (χ2n) is 13.6. The second kappa shape index (κ2) is 14.5. The minimum atomic E-state index is -0.234. The van der Waals surface area contributed by atoms with Crippen molar-refractivity contribution in [3.8, 4) is 0 Å². The number of carbonyl (C=O) groups excluding carboxylic acids is 1. The quantitative estimate of drug-likeness (QED) is 0.272. The molecule has 2 aliphatic carbocycles. The molecule has 8 heteroatoms. The van der Waals surface area contributed by atoms with E-state index < -0.39 is 0 Å². The molecule has 2 saturated carbocycles. The highest BCUT2D eigenvalue weighted by Gasteiger charge is 2.44. The van der Waals surface area contributed by atoms with Gasteiger partial charge in [0.25, 0.3) is 0 Å². The Morgan fingerprint density at radius 2 is 1.68 bits per heavy atom. The summed E-state index contributed by atoms with van der Waals surface area (Å²) in [6.07, 6.45) is 17.3. The number of nitrogens with one attached hydrogen (secondary N) is 1. The Morgan fingerprint density at radius 1 is 0.977 bits per heavy atom. The minimum absolute atomic E-state index is 0.188. The molecule has 1 saturated heterocycles. The predicted octanol–water partition coefficient (Wildman–Crippen LogP) is 6.77. The summed E-state index contributed by atoms with van der Waals surface area (Å²) < 4.78 is 2.03. The zero-order valence-electron chi connectivity index (χ0n) is 26.3. The van der Waals surface area contributed by atoms with Gasteiger partial charge in [-0.1, -0.05) is 61.2 Å². The predicted molar refractivity (Wildman–Crippen MR) is 178 cm³/mol. The molecular weight excluding hydrogens is 568 g/mol. The van der Waals surface area contributed by atoms with E-state index in [4.69, 9.17) is 11.6 Å². The largest absolute Gasteiger partial charge is 0.372 e. The highest BCUT2D eigenvalue weighted by Crippen LogP contribution is 2.47. The summed E-state index contributed by atoms with van der Waals surface area (Å²) in [5.41, 5.74) is 2.61. The molecule has 6 rings (SSSR count). The van der Waals surface area contributed by atoms with Gasteiger partial charge in [0.1, 0.15) is 12.7 Å². The Bertz CT molecular complexity index is 1290. The minimum Gasteiger partial charge on any atom is -0.372 e. The molecule has 7 nitrogen and oxygen atoms in total. The molecule has 0 spiro atoms. The Balaban J connectivity index is 1.12. The fraction of sp³-hybridized carbons (Fsp3) is 0.583. The maximum Gasteiger partial charge on any atom is 0.240 e. The third-order valence-electron chi connectivity index (χ3n) is 11.0. The molecule has 1 aromatic heterocycles. The van der Waals surface area contributed by atoms with Crippen molar-refractivity contribution < 1.29 is 4.79 Å². The molecule has 0 unspecified atom stereocenters. The van der Waals surface area contributed by atoms with Crippen molar-refractivity contribution in [1.29, 1.82) is 0 Å². The van der Waals surface area contributed by atoms with Gasteiger partial charge in [-0.25, -0.2) is 4.98 Å². The van der Waals surface area contributed by atoms with E-state index in [0.29, 0.717) is 24.4 Å². The van der Waals surface area contributed by atoms with Gasteiger partial charge in [0.15, 0.2) is 0 Å². The molecule has 236 valence electrons. The van der Waals surface area contributed by atoms with Crippen molar-refractivity contribution in [2.45, 2.75) is 102 Å². The van der Waals surface area contributed by atoms with Crippen LogP contribution in [0.25, 0.3) is 0 Å². The molecule has 2 heterocycles. The van der Waals surface area contributed by atoms with E-state index in [1.165, 1.54) is 37.8 Å². The van der Waals surface area contributed by atoms with Gasteiger partial charge in [-0.3, -0.25) is 9.48 Å². The molecule has 2 aromatic carbocycles. The van der Waals surface area contributed by atoms with Gasteiger partial charge in [0.05, 0.1) is 6.04 Å². The van der Waals surface area contributed by atoms with Crippen LogP contribution >= 0.6 is 11.6 Å². The third-order valence-corrected chi connectivity index (χ3v) is 11.2. The molecule has 1 atom stereocenters. The van der Waals surface area contributed by atoms with Crippen molar-refractivity contribution in [1.82, 2.24) is 25.0 Å². The fourth-order valence-electron chi connectivity index (χ4n) is 8.30. The van der Waals surface area contributed by atoms with Crippen LogP contribution in [0.15, 0.2) is 67.3 Å². The lowest BCUT2D eigenvalue weighted by Crippen LogP contribution is -2.56. The second-order valence-corrected chi connectivity index (χ2v) is 14.1. The molecule has 3 aliphatic rings. The lowest BCUT2D eigenvalue weighted by atomic mass is 9.63. The van der Waals surface area contributed by atoms with E-state index in [0.717, 1.165) is 68.7 Å². The maximum atomic E-state index is 14.3. The molecule has 1 aliphatic heterocycles. The van der Waals surface area contributed by atoms with E-state index in [-0.39, 0.29) is 17.4 Å². The topological polar surface area (TPSA) is 66.3 Å². The molecule has 0 bridgehead atoms. The number of halogens is 1. The Kier molecular flexibility index (Phi) is 10.2. The van der Waals surface area contributed by atoms with Gasteiger partial charge in [0, 0.05) is 49.5 Å². The van der Waals surface area contributed by atoms with E-state index >= 15 is 0 Å². The zero-order valence-corrected chi connectivity index (χ0v) is 27.0. The smallest absolute Gasteiger partial charge is 0.240 e. The van der Waals surface area contributed by atoms with Gasteiger partial charge in [-0.2, -0.15) is 5.10 Å². The summed E-state index contributed by atoms with van der Waals surface area (Å²) in [6.45, 7) is 2.54. The number of aromatic nitrogens is 3. The summed E-state index contributed by atoms with van der Waals surface area (Å²) in [6, 6.07) is 19.3. The third kappa shape index (κ3) is 7.48. The summed E-state index contributed by atoms with van der Waals surface area (Å²) in [7, 11) is 2.22. The number of rotatable bonds is 10. The molecule has 3 fully saturated rings. The Labute approximate surface area is 268 Å². The molecule has 44 heavy (non-hydrogen) atoms. The van der Waals surface area contributed by atoms with Crippen LogP contribution < -0.4 is 10.2 Å². The summed E-state index contributed by atoms with van der Waals surface area (Å²) in [5, 5.41) is 9.09. The molecule has 1 N–H and O–H groups in total. The van der Waals surface area contributed by atoms with E-state index in [2.05, 4.69) is 74.7 Å². The van der Waals surface area contributed by atoms with Gasteiger partial charge in [-0.05, 0) is 98.9 Å². The first kappa shape index (κ1) is 31.1. The standard InChI is InChI=1S/C36H49ClN6O/c1-41(32-10-6-3-7-11-32)33-18-16-31(17-19-33)40-34(24-28-12-14-30(37)15-13-28)35(44)42-22-20-36(21-23-42,25-43-27-38-26-39-43)29-8-4-2-5-9-29/h3,6-7,10-15,26-27,29,31,33-34,40H,2,4-5,8-9,16-25H2,1H3/t31?,33?,34-/m1/s1. The summed E-state index contributed by atoms with van der Waals surface area (Å²) in [4.78, 5) is 23.1. The number of hydrogen-bond acceptors (Lipinski definition) is 5. The van der Waals surface area contributed by atoms with Crippen molar-refractivity contribution in [2.24, 2.45) is 11.3 Å². The zero-order chi connectivity index (χ0) is 30.4. The van der Waals surface area contributed by atoms with Crippen LogP contribution in [-0.4, -0.2) is 63.8 Å². The number of likely N-dealkylation sites (tertiary alicyclic amines) is 1. The number of hydrogen-bond donors (Lipinski definition) is 1. The maximum absolute atomic E-state index is 14.3. The van der Waals surface area contributed by atoms with Crippen molar-refractivity contribution in [3.05, 3.63) is 77.8 Å². The van der Waals surface area contributed by atoms with Crippen molar-refractivity contribution >= 4 is 23.2 Å². The lowest BCUT2D eigenvalue weighted by Gasteiger charge is -2.48. The van der Waals surface area contributed by atoms with Crippen molar-refractivity contribution in [2.75, 3.05) is 25.0 Å². The Hall–Kier alpha value is -2.90. The average molecular weight is 617 g/mol. The fourth-order valence-corrected chi connectivity index (χ4v) is 8.43. The van der Waals surface area contributed by atoms with E-state index in [1.54, 1.807) is 6.33 Å². The van der Waals surface area contributed by atoms with Crippen LogP contribution in [-0.2, 0) is 17.8 Å². The van der Waals surface area contributed by atoms with Gasteiger partial charge in [0.2, 0.25) is 5.91 Å². The summed E-state index contributed by atoms with van der Waals surface area (Å²) >= 11 is 6.21. The number of anilines is 1. The average Bonchev–Trinajstić information content (AvgIpc) is 3.59. The van der Waals surface area contributed by atoms with Gasteiger partial charge in [-0.15, -0.1) is 0 Å². The summed E-state index contributed by atoms with van der Waals surface area (Å²) in [5.74, 6) is 0.950. The van der Waals surface area contributed by atoms with Crippen LogP contribution in [0.1, 0.15) is 76.2 Å². The highest BCUT2D eigenvalue weighted by atomic mass is 35.5. The van der Waals surface area contributed by atoms with Crippen molar-refractivity contribution in [3.63, 3.8) is 0 Å². The van der Waals surface area contributed by atoms with Crippen LogP contribution in [0.4, 0.5) is 5.69 Å². The van der Waals surface area contributed by atoms with Crippen LogP contribution in [0, 0.1) is 11.3 Å². The monoisotopic (exact) mass is 616 g/mol. The SMILES string of the molecule is CN(c1ccccc1)C1CCC(N[C@H](Cc2ccc(Cl)cc2)C(=O)N2CCC(Cn3cncn3)(C3CCCCC3)CC2)CC1. The molecule has 0 radical (unpaired) electrons. The van der Waals surface area contributed by atoms with E-state index in [1.807, 2.05) is 23.1 Å². The lowest BCUT2D eigenvalue weighted by molar-refractivity contribution is -0.137.